The summed E-state index contributed by atoms with van der Waals surface area (Å²) in [4.78, 5) is 22.1. The number of rotatable bonds is 2. The van der Waals surface area contributed by atoms with E-state index in [9.17, 15) is 9.59 Å². The van der Waals surface area contributed by atoms with Gasteiger partial charge in [0.2, 0.25) is 0 Å². The molecule has 0 aromatic heterocycles. The van der Waals surface area contributed by atoms with Crippen molar-refractivity contribution < 1.29 is 19.1 Å². The molecule has 1 rings (SSSR count). The summed E-state index contributed by atoms with van der Waals surface area (Å²) in [6.45, 7) is 4.68. The number of carbonyl (C=O) groups excluding carboxylic acids is 2. The van der Waals surface area contributed by atoms with Gasteiger partial charge in [-0.3, -0.25) is 4.79 Å². The summed E-state index contributed by atoms with van der Waals surface area (Å²) in [5, 5.41) is 0. The first-order chi connectivity index (χ1) is 6.91. The van der Waals surface area contributed by atoms with Crippen molar-refractivity contribution in [3.63, 3.8) is 0 Å². The molecule has 82 valence electrons. The molecule has 5 heteroatoms. The Balaban J connectivity index is 2.87. The lowest BCUT2D eigenvalue weighted by molar-refractivity contribution is -0.145. The summed E-state index contributed by atoms with van der Waals surface area (Å²) in [6, 6.07) is 0. The first-order valence-electron chi connectivity index (χ1n) is 4.39. The van der Waals surface area contributed by atoms with Crippen molar-refractivity contribution >= 4 is 27.9 Å². The highest BCUT2D eigenvalue weighted by Crippen LogP contribution is 2.25. The van der Waals surface area contributed by atoms with E-state index in [1.54, 1.807) is 19.9 Å². The molecule has 1 aliphatic rings. The van der Waals surface area contributed by atoms with Crippen LogP contribution in [0.2, 0.25) is 0 Å². The van der Waals surface area contributed by atoms with Gasteiger partial charge in [0.25, 0.3) is 0 Å². The zero-order chi connectivity index (χ0) is 11.6. The predicted molar refractivity (Wildman–Crippen MR) is 57.0 cm³/mol. The molecule has 0 aliphatic carbocycles. The molecule has 1 aliphatic heterocycles. The van der Waals surface area contributed by atoms with Crippen LogP contribution < -0.4 is 0 Å². The smallest absolute Gasteiger partial charge is 0.343 e. The largest absolute Gasteiger partial charge is 0.458 e. The van der Waals surface area contributed by atoms with Crippen molar-refractivity contribution in [2.75, 3.05) is 0 Å². The van der Waals surface area contributed by atoms with Crippen molar-refractivity contribution in [1.82, 2.24) is 0 Å². The minimum absolute atomic E-state index is 0.346. The Labute approximate surface area is 96.1 Å². The van der Waals surface area contributed by atoms with Gasteiger partial charge in [0.1, 0.15) is 11.9 Å². The number of allylic oxidation sites excluding steroid dienone is 2. The van der Waals surface area contributed by atoms with Gasteiger partial charge in [0, 0.05) is 11.4 Å². The van der Waals surface area contributed by atoms with Crippen molar-refractivity contribution in [3.05, 3.63) is 21.9 Å². The van der Waals surface area contributed by atoms with Crippen molar-refractivity contribution in [2.24, 2.45) is 0 Å². The number of carbonyl (C=O) groups is 2. The second kappa shape index (κ2) is 4.61. The summed E-state index contributed by atoms with van der Waals surface area (Å²) in [6.07, 6.45) is 0.986. The van der Waals surface area contributed by atoms with Crippen molar-refractivity contribution in [1.29, 1.82) is 0 Å². The molecule has 15 heavy (non-hydrogen) atoms. The third-order valence-electron chi connectivity index (χ3n) is 1.85. The van der Waals surface area contributed by atoms with E-state index in [4.69, 9.17) is 9.47 Å². The van der Waals surface area contributed by atoms with E-state index >= 15 is 0 Å². The van der Waals surface area contributed by atoms with Crippen LogP contribution in [0.15, 0.2) is 21.9 Å². The van der Waals surface area contributed by atoms with Crippen LogP contribution in [0.5, 0.6) is 0 Å². The van der Waals surface area contributed by atoms with E-state index in [-0.39, 0.29) is 0 Å². The minimum Gasteiger partial charge on any atom is -0.458 e. The van der Waals surface area contributed by atoms with E-state index in [0.717, 1.165) is 4.48 Å². The number of esters is 2. The summed E-state index contributed by atoms with van der Waals surface area (Å²) >= 11 is 3.21. The Kier molecular flexibility index (Phi) is 3.68. The Morgan fingerprint density at radius 3 is 2.53 bits per heavy atom. The second-order valence-electron chi connectivity index (χ2n) is 3.14. The molecule has 0 saturated heterocycles. The maximum atomic E-state index is 11.4. The van der Waals surface area contributed by atoms with E-state index in [0.29, 0.717) is 11.3 Å². The normalized spacial score (nSPS) is 20.5. The third kappa shape index (κ3) is 2.92. The Morgan fingerprint density at radius 2 is 2.13 bits per heavy atom. The molecule has 1 heterocycles. The van der Waals surface area contributed by atoms with Gasteiger partial charge < -0.3 is 9.47 Å². The lowest BCUT2D eigenvalue weighted by Gasteiger charge is -2.09. The lowest BCUT2D eigenvalue weighted by Crippen LogP contribution is -2.18. The summed E-state index contributed by atoms with van der Waals surface area (Å²) in [7, 11) is 0. The molecule has 0 N–H and O–H groups in total. The summed E-state index contributed by atoms with van der Waals surface area (Å²) < 4.78 is 10.6. The Bertz CT molecular complexity index is 364. The number of ether oxygens (including phenoxy) is 2. The zero-order valence-electron chi connectivity index (χ0n) is 8.67. The van der Waals surface area contributed by atoms with Gasteiger partial charge >= 0.3 is 11.9 Å². The maximum Gasteiger partial charge on any atom is 0.343 e. The molecule has 0 spiro atoms. The van der Waals surface area contributed by atoms with Gasteiger partial charge in [0.15, 0.2) is 0 Å². The second-order valence-corrected chi connectivity index (χ2v) is 4.33. The minimum atomic E-state index is -0.584. The Hall–Kier alpha value is -1.10. The van der Waals surface area contributed by atoms with E-state index in [2.05, 4.69) is 15.9 Å². The van der Waals surface area contributed by atoms with Crippen LogP contribution >= 0.6 is 15.9 Å². The first kappa shape index (κ1) is 12.0. The van der Waals surface area contributed by atoms with Crippen LogP contribution in [-0.4, -0.2) is 18.0 Å². The van der Waals surface area contributed by atoms with Gasteiger partial charge in [-0.05, 0) is 19.9 Å². The van der Waals surface area contributed by atoms with Crippen LogP contribution in [0.1, 0.15) is 20.8 Å². The average molecular weight is 275 g/mol. The highest BCUT2D eigenvalue weighted by Gasteiger charge is 2.28. The van der Waals surface area contributed by atoms with Crippen LogP contribution in [0.3, 0.4) is 0 Å². The molecule has 0 amide bonds. The molecule has 0 aromatic rings. The third-order valence-corrected chi connectivity index (χ3v) is 2.24. The molecular weight excluding hydrogens is 264 g/mol. The van der Waals surface area contributed by atoms with Crippen LogP contribution in [0.25, 0.3) is 0 Å². The zero-order valence-corrected chi connectivity index (χ0v) is 10.3. The van der Waals surface area contributed by atoms with Gasteiger partial charge in [-0.25, -0.2) is 4.79 Å². The van der Waals surface area contributed by atoms with Crippen LogP contribution in [-0.2, 0) is 19.1 Å². The molecule has 1 unspecified atom stereocenters. The molecule has 0 saturated carbocycles. The van der Waals surface area contributed by atoms with Crippen LogP contribution in [0.4, 0.5) is 0 Å². The van der Waals surface area contributed by atoms with E-state index < -0.39 is 18.0 Å². The summed E-state index contributed by atoms with van der Waals surface area (Å²) in [5.41, 5.74) is 0.346. The van der Waals surface area contributed by atoms with Gasteiger partial charge in [-0.2, -0.15) is 0 Å². The highest BCUT2D eigenvalue weighted by atomic mass is 79.9. The highest BCUT2D eigenvalue weighted by molar-refractivity contribution is 9.11. The molecule has 0 aromatic carbocycles. The quantitative estimate of drug-likeness (QED) is 0.724. The first-order valence-corrected chi connectivity index (χ1v) is 5.18. The predicted octanol–water partition coefficient (Wildman–Crippen LogP) is 2.05. The van der Waals surface area contributed by atoms with Crippen molar-refractivity contribution in [2.45, 2.75) is 26.9 Å². The standard InChI is InChI=1S/C10H11BrO4/c1-5(11)9-4-8(10(13)15-9)6(2)14-7(3)12/h4,6H,1-3H3/b9-5-. The molecule has 0 fully saturated rings. The Morgan fingerprint density at radius 1 is 1.53 bits per heavy atom. The van der Waals surface area contributed by atoms with Gasteiger partial charge in [-0.1, -0.05) is 15.9 Å². The molecule has 0 bridgehead atoms. The van der Waals surface area contributed by atoms with E-state index in [1.807, 2.05) is 0 Å². The van der Waals surface area contributed by atoms with Gasteiger partial charge in [0.05, 0.1) is 5.57 Å². The fourth-order valence-corrected chi connectivity index (χ4v) is 1.35. The van der Waals surface area contributed by atoms with Gasteiger partial charge in [-0.15, -0.1) is 0 Å². The number of hydrogen-bond donors (Lipinski definition) is 0. The lowest BCUT2D eigenvalue weighted by atomic mass is 10.1. The fourth-order valence-electron chi connectivity index (χ4n) is 1.15. The SMILES string of the molecule is CC(=O)OC(C)C1=C/C(=C(\C)Br)OC1=O. The number of cyclic esters (lactones) is 1. The number of halogens is 1. The number of hydrogen-bond acceptors (Lipinski definition) is 4. The molecular formula is C10H11BrO4. The average Bonchev–Trinajstić information content (AvgIpc) is 2.46. The summed E-state index contributed by atoms with van der Waals surface area (Å²) in [5.74, 6) is -0.448. The maximum absolute atomic E-state index is 11.4. The van der Waals surface area contributed by atoms with Crippen molar-refractivity contribution in [3.8, 4) is 0 Å². The van der Waals surface area contributed by atoms with Crippen LogP contribution in [0, 0.1) is 0 Å². The molecule has 0 radical (unpaired) electrons. The van der Waals surface area contributed by atoms with E-state index in [1.165, 1.54) is 6.92 Å². The monoisotopic (exact) mass is 274 g/mol. The topological polar surface area (TPSA) is 52.6 Å². The fraction of sp³-hybridized carbons (Fsp3) is 0.400. The molecule has 4 nitrogen and oxygen atoms in total. The molecule has 1 atom stereocenters.